The summed E-state index contributed by atoms with van der Waals surface area (Å²) in [6, 6.07) is 16.0. The van der Waals surface area contributed by atoms with Crippen LogP contribution in [0.1, 0.15) is 25.8 Å². The molecule has 3 aromatic rings. The molecule has 1 N–H and O–H groups in total. The molecule has 0 saturated carbocycles. The number of rotatable bonds is 11. The highest BCUT2D eigenvalue weighted by Gasteiger charge is 2.09. The lowest BCUT2D eigenvalue weighted by atomic mass is 10.2. The van der Waals surface area contributed by atoms with E-state index in [2.05, 4.69) is 26.9 Å². The van der Waals surface area contributed by atoms with E-state index in [1.807, 2.05) is 56.3 Å². The van der Waals surface area contributed by atoms with Gasteiger partial charge in [0.2, 0.25) is 5.16 Å². The minimum absolute atomic E-state index is 0.119. The number of hydrogen-bond donors (Lipinski definition) is 1. The van der Waals surface area contributed by atoms with Gasteiger partial charge in [-0.15, -0.1) is 5.10 Å². The first-order valence-electron chi connectivity index (χ1n) is 9.68. The van der Waals surface area contributed by atoms with Gasteiger partial charge >= 0.3 is 0 Å². The predicted octanol–water partition coefficient (Wildman–Crippen LogP) is 3.73. The Kier molecular flexibility index (Phi) is 7.89. The van der Waals surface area contributed by atoms with Crippen molar-refractivity contribution in [2.45, 2.75) is 38.1 Å². The van der Waals surface area contributed by atoms with Crippen molar-refractivity contribution in [2.24, 2.45) is 0 Å². The SMILES string of the molecule is COc1cc(CNCCCSc2nnnn2-c2ccccc2)ccc1OC(C)C. The number of hydrogen-bond acceptors (Lipinski definition) is 7. The highest BCUT2D eigenvalue weighted by molar-refractivity contribution is 7.99. The summed E-state index contributed by atoms with van der Waals surface area (Å²) >= 11 is 1.66. The fraction of sp³-hybridized carbons (Fsp3) is 0.381. The summed E-state index contributed by atoms with van der Waals surface area (Å²) < 4.78 is 13.0. The molecule has 1 heterocycles. The zero-order valence-corrected chi connectivity index (χ0v) is 17.9. The minimum Gasteiger partial charge on any atom is -0.493 e. The van der Waals surface area contributed by atoms with Crippen molar-refractivity contribution in [1.82, 2.24) is 25.5 Å². The Labute approximate surface area is 175 Å². The second kappa shape index (κ2) is 10.8. The maximum absolute atomic E-state index is 5.76. The predicted molar refractivity (Wildman–Crippen MR) is 115 cm³/mol. The van der Waals surface area contributed by atoms with Crippen LogP contribution in [0.3, 0.4) is 0 Å². The molecule has 0 aliphatic carbocycles. The number of methoxy groups -OCH3 is 1. The Bertz CT molecular complexity index is 886. The Balaban J connectivity index is 1.41. The van der Waals surface area contributed by atoms with Gasteiger partial charge < -0.3 is 14.8 Å². The minimum atomic E-state index is 0.119. The second-order valence-electron chi connectivity index (χ2n) is 6.74. The van der Waals surface area contributed by atoms with E-state index in [9.17, 15) is 0 Å². The van der Waals surface area contributed by atoms with Gasteiger partial charge in [0.15, 0.2) is 11.5 Å². The largest absolute Gasteiger partial charge is 0.493 e. The number of nitrogens with one attached hydrogen (secondary N) is 1. The standard InChI is InChI=1S/C21H27N5O2S/c1-16(2)28-19-11-10-17(14-20(19)27-3)15-22-12-7-13-29-21-23-24-25-26(21)18-8-5-4-6-9-18/h4-6,8-11,14,16,22H,7,12-13,15H2,1-3H3. The molecule has 0 aliphatic rings. The molecular formula is C21H27N5O2S. The van der Waals surface area contributed by atoms with Gasteiger partial charge in [-0.1, -0.05) is 36.0 Å². The van der Waals surface area contributed by atoms with Crippen LogP contribution in [-0.2, 0) is 6.54 Å². The zero-order chi connectivity index (χ0) is 20.5. The number of tetrazole rings is 1. The molecule has 154 valence electrons. The van der Waals surface area contributed by atoms with Gasteiger partial charge in [0, 0.05) is 12.3 Å². The van der Waals surface area contributed by atoms with E-state index in [-0.39, 0.29) is 6.10 Å². The van der Waals surface area contributed by atoms with Gasteiger partial charge in [0.05, 0.1) is 18.9 Å². The summed E-state index contributed by atoms with van der Waals surface area (Å²) in [6.45, 7) is 5.70. The molecule has 2 aromatic carbocycles. The van der Waals surface area contributed by atoms with E-state index in [4.69, 9.17) is 9.47 Å². The van der Waals surface area contributed by atoms with E-state index >= 15 is 0 Å². The van der Waals surface area contributed by atoms with Crippen LogP contribution >= 0.6 is 11.8 Å². The van der Waals surface area contributed by atoms with Crippen LogP contribution in [0.2, 0.25) is 0 Å². The summed E-state index contributed by atoms with van der Waals surface area (Å²) in [6.07, 6.45) is 1.13. The molecule has 0 bridgehead atoms. The molecular weight excluding hydrogens is 386 g/mol. The smallest absolute Gasteiger partial charge is 0.214 e. The summed E-state index contributed by atoms with van der Waals surface area (Å²) in [4.78, 5) is 0. The molecule has 7 nitrogen and oxygen atoms in total. The van der Waals surface area contributed by atoms with Crippen molar-refractivity contribution in [3.05, 3.63) is 54.1 Å². The second-order valence-corrected chi connectivity index (χ2v) is 7.80. The lowest BCUT2D eigenvalue weighted by molar-refractivity contribution is 0.230. The van der Waals surface area contributed by atoms with Crippen molar-refractivity contribution in [3.63, 3.8) is 0 Å². The normalized spacial score (nSPS) is 11.0. The third kappa shape index (κ3) is 6.20. The van der Waals surface area contributed by atoms with E-state index in [0.29, 0.717) is 0 Å². The van der Waals surface area contributed by atoms with Crippen LogP contribution < -0.4 is 14.8 Å². The topological polar surface area (TPSA) is 74.1 Å². The summed E-state index contributed by atoms with van der Waals surface area (Å²) in [5.41, 5.74) is 2.13. The van der Waals surface area contributed by atoms with Gasteiger partial charge in [0.1, 0.15) is 0 Å². The van der Waals surface area contributed by atoms with E-state index in [1.54, 1.807) is 23.6 Å². The van der Waals surface area contributed by atoms with Gasteiger partial charge in [-0.25, -0.2) is 0 Å². The van der Waals surface area contributed by atoms with Gasteiger partial charge in [0.25, 0.3) is 0 Å². The first kappa shape index (κ1) is 21.1. The lowest BCUT2D eigenvalue weighted by Crippen LogP contribution is -2.15. The van der Waals surface area contributed by atoms with E-state index < -0.39 is 0 Å². The maximum atomic E-state index is 5.76. The van der Waals surface area contributed by atoms with Crippen LogP contribution in [0.5, 0.6) is 11.5 Å². The highest BCUT2D eigenvalue weighted by atomic mass is 32.2. The van der Waals surface area contributed by atoms with E-state index in [1.165, 1.54) is 5.56 Å². The summed E-state index contributed by atoms with van der Waals surface area (Å²) in [5.74, 6) is 2.48. The quantitative estimate of drug-likeness (QED) is 0.379. The van der Waals surface area contributed by atoms with Crippen molar-refractivity contribution >= 4 is 11.8 Å². The molecule has 0 amide bonds. The molecule has 8 heteroatoms. The van der Waals surface area contributed by atoms with Crippen molar-refractivity contribution in [1.29, 1.82) is 0 Å². The van der Waals surface area contributed by atoms with E-state index in [0.717, 1.165) is 47.6 Å². The molecule has 0 spiro atoms. The number of para-hydroxylation sites is 1. The Morgan fingerprint density at radius 2 is 1.93 bits per heavy atom. The number of aromatic nitrogens is 4. The fourth-order valence-corrected chi connectivity index (χ4v) is 3.60. The number of ether oxygens (including phenoxy) is 2. The number of thioether (sulfide) groups is 1. The van der Waals surface area contributed by atoms with Crippen LogP contribution in [0.25, 0.3) is 5.69 Å². The third-order valence-electron chi connectivity index (χ3n) is 4.09. The number of nitrogens with zero attached hydrogens (tertiary/aromatic N) is 4. The molecule has 0 saturated heterocycles. The van der Waals surface area contributed by atoms with Crippen LogP contribution in [-0.4, -0.2) is 45.7 Å². The van der Waals surface area contributed by atoms with Crippen LogP contribution in [0, 0.1) is 0 Å². The average Bonchev–Trinajstić information content (AvgIpc) is 3.20. The average molecular weight is 414 g/mol. The fourth-order valence-electron chi connectivity index (χ4n) is 2.77. The molecule has 0 fully saturated rings. The van der Waals surface area contributed by atoms with Gasteiger partial charge in [-0.05, 0) is 67.1 Å². The highest BCUT2D eigenvalue weighted by Crippen LogP contribution is 2.29. The molecule has 0 radical (unpaired) electrons. The summed E-state index contributed by atoms with van der Waals surface area (Å²) in [7, 11) is 1.67. The van der Waals surface area contributed by atoms with Crippen LogP contribution in [0.15, 0.2) is 53.7 Å². The molecule has 29 heavy (non-hydrogen) atoms. The Morgan fingerprint density at radius 3 is 2.69 bits per heavy atom. The molecule has 3 rings (SSSR count). The molecule has 0 atom stereocenters. The lowest BCUT2D eigenvalue weighted by Gasteiger charge is -2.14. The first-order chi connectivity index (χ1) is 14.2. The molecule has 0 aliphatic heterocycles. The molecule has 0 unspecified atom stereocenters. The Hall–Kier alpha value is -2.58. The van der Waals surface area contributed by atoms with Gasteiger partial charge in [-0.3, -0.25) is 0 Å². The first-order valence-corrected chi connectivity index (χ1v) is 10.7. The number of benzene rings is 2. The Morgan fingerprint density at radius 1 is 1.10 bits per heavy atom. The van der Waals surface area contributed by atoms with Gasteiger partial charge in [-0.2, -0.15) is 4.68 Å². The van der Waals surface area contributed by atoms with Crippen molar-refractivity contribution in [3.8, 4) is 17.2 Å². The monoisotopic (exact) mass is 413 g/mol. The maximum Gasteiger partial charge on any atom is 0.214 e. The third-order valence-corrected chi connectivity index (χ3v) is 5.10. The van der Waals surface area contributed by atoms with Crippen LogP contribution in [0.4, 0.5) is 0 Å². The van der Waals surface area contributed by atoms with Crippen molar-refractivity contribution in [2.75, 3.05) is 19.4 Å². The van der Waals surface area contributed by atoms with Crippen molar-refractivity contribution < 1.29 is 9.47 Å². The molecule has 1 aromatic heterocycles. The zero-order valence-electron chi connectivity index (χ0n) is 17.0. The summed E-state index contributed by atoms with van der Waals surface area (Å²) in [5, 5.41) is 16.3.